The summed E-state index contributed by atoms with van der Waals surface area (Å²) in [6.07, 6.45) is 4.86. The number of aliphatic imine (C=N–C) groups is 1. The highest BCUT2D eigenvalue weighted by molar-refractivity contribution is 7.90. The number of para-hydroxylation sites is 1. The standard InChI is InChI=1S/C20H32N4O2S/c1-15-7-6-8-17-16(13-23-18(15)17)9-11-22-19(21-4)24-14-20(2,3)10-12-27(5,25)26/h6-8,13,23H,9-12,14H2,1-5H3,(H2,21,22,24). The lowest BCUT2D eigenvalue weighted by molar-refractivity contribution is 0.348. The van der Waals surface area contributed by atoms with Crippen molar-refractivity contribution in [2.45, 2.75) is 33.6 Å². The van der Waals surface area contributed by atoms with Crippen molar-refractivity contribution >= 4 is 26.7 Å². The number of aromatic nitrogens is 1. The Bertz CT molecular complexity index is 898. The summed E-state index contributed by atoms with van der Waals surface area (Å²) in [7, 11) is -1.19. The number of aryl methyl sites for hydroxylation is 1. The van der Waals surface area contributed by atoms with Gasteiger partial charge in [-0.25, -0.2) is 8.42 Å². The van der Waals surface area contributed by atoms with Crippen LogP contribution < -0.4 is 10.6 Å². The van der Waals surface area contributed by atoms with Gasteiger partial charge in [0.1, 0.15) is 9.84 Å². The molecule has 0 atom stereocenters. The molecule has 1 aromatic carbocycles. The Morgan fingerprint density at radius 2 is 2.00 bits per heavy atom. The van der Waals surface area contributed by atoms with E-state index in [-0.39, 0.29) is 11.2 Å². The molecule has 3 N–H and O–H groups in total. The zero-order chi connectivity index (χ0) is 20.1. The van der Waals surface area contributed by atoms with Crippen LogP contribution in [0.1, 0.15) is 31.4 Å². The van der Waals surface area contributed by atoms with Gasteiger partial charge in [0.25, 0.3) is 0 Å². The van der Waals surface area contributed by atoms with Crippen molar-refractivity contribution in [1.29, 1.82) is 0 Å². The third-order valence-corrected chi connectivity index (χ3v) is 5.75. The number of sulfone groups is 1. The maximum atomic E-state index is 11.4. The Hall–Kier alpha value is -2.02. The summed E-state index contributed by atoms with van der Waals surface area (Å²) >= 11 is 0. The number of guanidine groups is 1. The van der Waals surface area contributed by atoms with Gasteiger partial charge in [0.2, 0.25) is 0 Å². The Kier molecular flexibility index (Phi) is 6.92. The smallest absolute Gasteiger partial charge is 0.191 e. The third kappa shape index (κ3) is 6.57. The van der Waals surface area contributed by atoms with E-state index in [1.807, 2.05) is 0 Å². The van der Waals surface area contributed by atoms with Crippen LogP contribution in [0.15, 0.2) is 29.4 Å². The molecule has 7 heteroatoms. The van der Waals surface area contributed by atoms with Crippen molar-refractivity contribution in [2.75, 3.05) is 32.1 Å². The van der Waals surface area contributed by atoms with Gasteiger partial charge in [-0.2, -0.15) is 0 Å². The second kappa shape index (κ2) is 8.78. The first kappa shape index (κ1) is 21.3. The topological polar surface area (TPSA) is 86.3 Å². The first-order chi connectivity index (χ1) is 12.6. The van der Waals surface area contributed by atoms with Gasteiger partial charge < -0.3 is 15.6 Å². The summed E-state index contributed by atoms with van der Waals surface area (Å²) in [5, 5.41) is 7.91. The quantitative estimate of drug-likeness (QED) is 0.476. The number of hydrogen-bond acceptors (Lipinski definition) is 3. The van der Waals surface area contributed by atoms with E-state index in [1.165, 1.54) is 28.3 Å². The lowest BCUT2D eigenvalue weighted by atomic mass is 9.90. The molecule has 0 spiro atoms. The van der Waals surface area contributed by atoms with Gasteiger partial charge in [0.05, 0.1) is 5.75 Å². The molecule has 150 valence electrons. The molecule has 0 aliphatic carbocycles. The van der Waals surface area contributed by atoms with Crippen molar-refractivity contribution in [3.05, 3.63) is 35.5 Å². The molecule has 0 unspecified atom stereocenters. The van der Waals surface area contributed by atoms with Crippen LogP contribution in [0, 0.1) is 12.3 Å². The zero-order valence-electron chi connectivity index (χ0n) is 17.0. The van der Waals surface area contributed by atoms with Crippen LogP contribution in [0.25, 0.3) is 10.9 Å². The minimum atomic E-state index is -2.94. The maximum absolute atomic E-state index is 11.4. The molecule has 0 saturated heterocycles. The number of benzene rings is 1. The van der Waals surface area contributed by atoms with E-state index in [0.717, 1.165) is 18.9 Å². The molecular formula is C20H32N4O2S. The molecule has 2 rings (SSSR count). The third-order valence-electron chi connectivity index (χ3n) is 4.80. The summed E-state index contributed by atoms with van der Waals surface area (Å²) in [4.78, 5) is 7.62. The minimum Gasteiger partial charge on any atom is -0.361 e. The molecule has 27 heavy (non-hydrogen) atoms. The number of rotatable bonds is 8. The Balaban J connectivity index is 1.84. The van der Waals surface area contributed by atoms with E-state index in [9.17, 15) is 8.42 Å². The largest absolute Gasteiger partial charge is 0.361 e. The maximum Gasteiger partial charge on any atom is 0.191 e. The SMILES string of the molecule is CN=C(NCCc1c[nH]c2c(C)cccc12)NCC(C)(C)CCS(C)(=O)=O. The minimum absolute atomic E-state index is 0.130. The van der Waals surface area contributed by atoms with Crippen LogP contribution >= 0.6 is 0 Å². The van der Waals surface area contributed by atoms with E-state index >= 15 is 0 Å². The van der Waals surface area contributed by atoms with Crippen molar-refractivity contribution in [2.24, 2.45) is 10.4 Å². The molecule has 2 aromatic rings. The Morgan fingerprint density at radius 3 is 2.67 bits per heavy atom. The number of nitrogens with zero attached hydrogens (tertiary/aromatic N) is 1. The molecule has 0 aliphatic heterocycles. The number of H-pyrrole nitrogens is 1. The summed E-state index contributed by atoms with van der Waals surface area (Å²) in [5.74, 6) is 0.937. The summed E-state index contributed by atoms with van der Waals surface area (Å²) < 4.78 is 22.8. The molecule has 0 bridgehead atoms. The van der Waals surface area contributed by atoms with E-state index < -0.39 is 9.84 Å². The van der Waals surface area contributed by atoms with Crippen LogP contribution in [0.5, 0.6) is 0 Å². The zero-order valence-corrected chi connectivity index (χ0v) is 17.8. The molecule has 0 radical (unpaired) electrons. The number of nitrogens with one attached hydrogen (secondary N) is 3. The predicted octanol–water partition coefficient (Wildman–Crippen LogP) is 2.64. The summed E-state index contributed by atoms with van der Waals surface area (Å²) in [6.45, 7) is 7.66. The first-order valence-corrected chi connectivity index (χ1v) is 11.4. The van der Waals surface area contributed by atoms with E-state index in [4.69, 9.17) is 0 Å². The predicted molar refractivity (Wildman–Crippen MR) is 114 cm³/mol. The van der Waals surface area contributed by atoms with Crippen molar-refractivity contribution < 1.29 is 8.42 Å². The molecular weight excluding hydrogens is 360 g/mol. The van der Waals surface area contributed by atoms with Gasteiger partial charge in [-0.3, -0.25) is 4.99 Å². The van der Waals surface area contributed by atoms with Crippen molar-refractivity contribution in [3.8, 4) is 0 Å². The average molecular weight is 393 g/mol. The molecule has 0 saturated carbocycles. The summed E-state index contributed by atoms with van der Waals surface area (Å²) in [5.41, 5.74) is 3.60. The second-order valence-electron chi connectivity index (χ2n) is 7.96. The monoisotopic (exact) mass is 392 g/mol. The second-order valence-corrected chi connectivity index (χ2v) is 10.2. The Labute approximate surface area is 162 Å². The van der Waals surface area contributed by atoms with Crippen LogP contribution in [0.3, 0.4) is 0 Å². The normalized spacial score (nSPS) is 13.1. The van der Waals surface area contributed by atoms with Crippen LogP contribution in [0.4, 0.5) is 0 Å². The van der Waals surface area contributed by atoms with Crippen LogP contribution in [-0.2, 0) is 16.3 Å². The highest BCUT2D eigenvalue weighted by Gasteiger charge is 2.20. The lowest BCUT2D eigenvalue weighted by Gasteiger charge is -2.25. The first-order valence-electron chi connectivity index (χ1n) is 9.29. The highest BCUT2D eigenvalue weighted by Crippen LogP contribution is 2.21. The molecule has 6 nitrogen and oxygen atoms in total. The number of hydrogen-bond donors (Lipinski definition) is 3. The van der Waals surface area contributed by atoms with Crippen molar-refractivity contribution in [3.63, 3.8) is 0 Å². The van der Waals surface area contributed by atoms with E-state index in [0.29, 0.717) is 13.0 Å². The Morgan fingerprint density at radius 1 is 1.26 bits per heavy atom. The van der Waals surface area contributed by atoms with Gasteiger partial charge in [-0.1, -0.05) is 32.0 Å². The van der Waals surface area contributed by atoms with Gasteiger partial charge in [0.15, 0.2) is 5.96 Å². The van der Waals surface area contributed by atoms with Gasteiger partial charge in [0, 0.05) is 43.5 Å². The molecule has 0 fully saturated rings. The van der Waals surface area contributed by atoms with E-state index in [2.05, 4.69) is 65.8 Å². The van der Waals surface area contributed by atoms with Crippen LogP contribution in [0.2, 0.25) is 0 Å². The van der Waals surface area contributed by atoms with E-state index in [1.54, 1.807) is 7.05 Å². The average Bonchev–Trinajstić information content (AvgIpc) is 3.00. The highest BCUT2D eigenvalue weighted by atomic mass is 32.2. The van der Waals surface area contributed by atoms with Crippen molar-refractivity contribution in [1.82, 2.24) is 15.6 Å². The fourth-order valence-electron chi connectivity index (χ4n) is 2.98. The lowest BCUT2D eigenvalue weighted by Crippen LogP contribution is -2.43. The fourth-order valence-corrected chi connectivity index (χ4v) is 3.90. The molecule has 1 aromatic heterocycles. The van der Waals surface area contributed by atoms with Gasteiger partial charge in [-0.05, 0) is 36.3 Å². The van der Waals surface area contributed by atoms with Gasteiger partial charge >= 0.3 is 0 Å². The molecule has 0 aliphatic rings. The number of fused-ring (bicyclic) bond motifs is 1. The fraction of sp³-hybridized carbons (Fsp3) is 0.550. The molecule has 0 amide bonds. The molecule has 1 heterocycles. The van der Waals surface area contributed by atoms with Gasteiger partial charge in [-0.15, -0.1) is 0 Å². The number of aromatic amines is 1. The summed E-state index contributed by atoms with van der Waals surface area (Å²) in [6, 6.07) is 6.34. The van der Waals surface area contributed by atoms with Crippen LogP contribution in [-0.4, -0.2) is 51.5 Å².